The van der Waals surface area contributed by atoms with Crippen LogP contribution in [0.1, 0.15) is 86.0 Å². The molecule has 0 radical (unpaired) electrons. The van der Waals surface area contributed by atoms with Crippen molar-refractivity contribution in [3.8, 4) is 11.8 Å². The summed E-state index contributed by atoms with van der Waals surface area (Å²) in [4.78, 5) is 0. The van der Waals surface area contributed by atoms with E-state index in [2.05, 4.69) is 52.7 Å². The first kappa shape index (κ1) is 20.9. The lowest BCUT2D eigenvalue weighted by Gasteiger charge is -2.14. The minimum Gasteiger partial charge on any atom is -0.149 e. The molecule has 0 amide bonds. The van der Waals surface area contributed by atoms with Crippen molar-refractivity contribution in [3.63, 3.8) is 0 Å². The van der Waals surface area contributed by atoms with Gasteiger partial charge < -0.3 is 0 Å². The summed E-state index contributed by atoms with van der Waals surface area (Å²) in [6, 6.07) is 0. The minimum absolute atomic E-state index is 0.489. The van der Waals surface area contributed by atoms with Gasteiger partial charge in [0.25, 0.3) is 0 Å². The van der Waals surface area contributed by atoms with Gasteiger partial charge in [-0.3, -0.25) is 0 Å². The van der Waals surface area contributed by atoms with Crippen molar-refractivity contribution in [1.82, 2.24) is 0 Å². The van der Waals surface area contributed by atoms with Crippen LogP contribution in [0.25, 0.3) is 0 Å². The summed E-state index contributed by atoms with van der Waals surface area (Å²) >= 11 is 1.84. The smallest absolute Gasteiger partial charge is 0.0626 e. The lowest BCUT2D eigenvalue weighted by molar-refractivity contribution is 0.393. The second-order valence-corrected chi connectivity index (χ2v) is 8.17. The average molecular weight is 311 g/mol. The first-order valence-corrected chi connectivity index (χ1v) is 10.3. The Morgan fingerprint density at radius 3 is 1.86 bits per heavy atom. The van der Waals surface area contributed by atoms with Crippen molar-refractivity contribution in [2.24, 2.45) is 17.8 Å². The van der Waals surface area contributed by atoms with Crippen LogP contribution in [0.4, 0.5) is 0 Å². The lowest BCUT2D eigenvalue weighted by atomic mass is 9.92. The molecule has 1 heteroatoms. The third-order valence-electron chi connectivity index (χ3n) is 4.59. The highest BCUT2D eigenvalue weighted by Crippen LogP contribution is 2.20. The molecule has 0 aliphatic rings. The van der Waals surface area contributed by atoms with Crippen LogP contribution in [0, 0.1) is 29.6 Å². The zero-order valence-electron chi connectivity index (χ0n) is 15.4. The molecule has 0 spiro atoms. The summed E-state index contributed by atoms with van der Waals surface area (Å²) in [5.41, 5.74) is 0. The minimum atomic E-state index is 0.489. The normalized spacial score (nSPS) is 16.7. The molecule has 0 rings (SSSR count). The molecule has 0 aliphatic heterocycles. The van der Waals surface area contributed by atoms with Crippen molar-refractivity contribution in [1.29, 1.82) is 0 Å². The maximum Gasteiger partial charge on any atom is 0.0626 e. The van der Waals surface area contributed by atoms with Crippen molar-refractivity contribution in [2.75, 3.05) is 6.26 Å². The van der Waals surface area contributed by atoms with E-state index in [9.17, 15) is 0 Å². The summed E-state index contributed by atoms with van der Waals surface area (Å²) in [6.45, 7) is 11.7. The molecule has 124 valence electrons. The van der Waals surface area contributed by atoms with Gasteiger partial charge in [-0.1, -0.05) is 72.1 Å². The molecule has 0 bridgehead atoms. The van der Waals surface area contributed by atoms with E-state index in [4.69, 9.17) is 0 Å². The lowest BCUT2D eigenvalue weighted by Crippen LogP contribution is -2.00. The van der Waals surface area contributed by atoms with Gasteiger partial charge in [0.1, 0.15) is 0 Å². The zero-order valence-corrected chi connectivity index (χ0v) is 16.2. The summed E-state index contributed by atoms with van der Waals surface area (Å²) in [7, 11) is 0. The molecule has 0 nitrogen and oxygen atoms in total. The van der Waals surface area contributed by atoms with Crippen LogP contribution in [-0.2, 0) is 0 Å². The Morgan fingerprint density at radius 1 is 0.810 bits per heavy atom. The fraction of sp³-hybridized carbons (Fsp3) is 0.900. The van der Waals surface area contributed by atoms with Gasteiger partial charge >= 0.3 is 0 Å². The summed E-state index contributed by atoms with van der Waals surface area (Å²) in [6.07, 6.45) is 12.9. The van der Waals surface area contributed by atoms with E-state index in [1.54, 1.807) is 0 Å². The topological polar surface area (TPSA) is 0 Å². The molecule has 4 atom stereocenters. The molecule has 0 aliphatic carbocycles. The molecular weight excluding hydrogens is 272 g/mol. The molecule has 0 aromatic rings. The largest absolute Gasteiger partial charge is 0.149 e. The monoisotopic (exact) mass is 310 g/mol. The molecule has 4 unspecified atom stereocenters. The number of thioether (sulfide) groups is 1. The van der Waals surface area contributed by atoms with Crippen LogP contribution in [0.5, 0.6) is 0 Å². The van der Waals surface area contributed by atoms with Crippen molar-refractivity contribution in [3.05, 3.63) is 0 Å². The Labute approximate surface area is 139 Å². The first-order valence-electron chi connectivity index (χ1n) is 9.00. The fourth-order valence-electron chi connectivity index (χ4n) is 2.52. The van der Waals surface area contributed by atoms with E-state index in [1.165, 1.54) is 44.9 Å². The highest BCUT2D eigenvalue weighted by atomic mass is 32.2. The number of hydrogen-bond acceptors (Lipinski definition) is 1. The summed E-state index contributed by atoms with van der Waals surface area (Å²) < 4.78 is 0. The maximum absolute atomic E-state index is 3.36. The van der Waals surface area contributed by atoms with Crippen molar-refractivity contribution >= 4 is 11.8 Å². The quantitative estimate of drug-likeness (QED) is 0.378. The van der Waals surface area contributed by atoms with E-state index >= 15 is 0 Å². The third-order valence-corrected chi connectivity index (χ3v) is 5.42. The standard InChI is InChI=1S/C20H38S/c1-7-17(2)11-8-12-18(3)13-9-14-19(4)15-10-16-20(5)21-6/h17-20H,7-9,11-15H2,1-6H3. The van der Waals surface area contributed by atoms with Gasteiger partial charge in [0, 0.05) is 6.42 Å². The van der Waals surface area contributed by atoms with E-state index in [1.807, 2.05) is 11.8 Å². The molecule has 21 heavy (non-hydrogen) atoms. The molecule has 0 N–H and O–H groups in total. The molecule has 0 saturated carbocycles. The SMILES string of the molecule is CCC(C)CCCC(C)CCCC(C)CC#CC(C)SC. The number of hydrogen-bond donors (Lipinski definition) is 0. The van der Waals surface area contributed by atoms with Gasteiger partial charge in [0.15, 0.2) is 0 Å². The Hall–Kier alpha value is -0.0900. The molecule has 0 heterocycles. The van der Waals surface area contributed by atoms with Crippen LogP contribution in [0.15, 0.2) is 0 Å². The van der Waals surface area contributed by atoms with E-state index in [-0.39, 0.29) is 0 Å². The van der Waals surface area contributed by atoms with Gasteiger partial charge in [0.05, 0.1) is 5.25 Å². The van der Waals surface area contributed by atoms with Gasteiger partial charge in [0.2, 0.25) is 0 Å². The van der Waals surface area contributed by atoms with Gasteiger partial charge in [-0.05, 0) is 37.4 Å². The second kappa shape index (κ2) is 13.6. The summed E-state index contributed by atoms with van der Waals surface area (Å²) in [5.74, 6) is 9.26. The van der Waals surface area contributed by atoms with Gasteiger partial charge in [-0.25, -0.2) is 0 Å². The third kappa shape index (κ3) is 13.3. The van der Waals surface area contributed by atoms with Crippen molar-refractivity contribution in [2.45, 2.75) is 91.2 Å². The van der Waals surface area contributed by atoms with Crippen LogP contribution >= 0.6 is 11.8 Å². The Morgan fingerprint density at radius 2 is 1.33 bits per heavy atom. The Kier molecular flexibility index (Phi) is 13.5. The van der Waals surface area contributed by atoms with E-state index in [0.717, 1.165) is 24.2 Å². The van der Waals surface area contributed by atoms with Gasteiger partial charge in [-0.15, -0.1) is 17.7 Å². The Balaban J connectivity index is 3.60. The molecule has 0 saturated heterocycles. The molecule has 0 aromatic carbocycles. The summed E-state index contributed by atoms with van der Waals surface area (Å²) in [5, 5.41) is 0.489. The van der Waals surface area contributed by atoms with E-state index < -0.39 is 0 Å². The molecular formula is C20H38S. The second-order valence-electron chi connectivity index (χ2n) is 6.99. The van der Waals surface area contributed by atoms with Crippen LogP contribution in [-0.4, -0.2) is 11.5 Å². The number of rotatable bonds is 11. The zero-order chi connectivity index (χ0) is 16.1. The van der Waals surface area contributed by atoms with Crippen LogP contribution in [0.3, 0.4) is 0 Å². The van der Waals surface area contributed by atoms with Gasteiger partial charge in [-0.2, -0.15) is 0 Å². The maximum atomic E-state index is 3.36. The highest BCUT2D eigenvalue weighted by Gasteiger charge is 2.06. The molecule has 0 aromatic heterocycles. The fourth-order valence-corrected chi connectivity index (χ4v) is 2.72. The van der Waals surface area contributed by atoms with Crippen molar-refractivity contribution < 1.29 is 0 Å². The Bertz CT molecular complexity index is 286. The predicted octanol–water partition coefficient (Wildman–Crippen LogP) is 6.79. The predicted molar refractivity (Wildman–Crippen MR) is 101 cm³/mol. The van der Waals surface area contributed by atoms with Crippen LogP contribution < -0.4 is 0 Å². The van der Waals surface area contributed by atoms with E-state index in [0.29, 0.717) is 5.25 Å². The van der Waals surface area contributed by atoms with Crippen LogP contribution in [0.2, 0.25) is 0 Å². The first-order chi connectivity index (χ1) is 9.99. The average Bonchev–Trinajstić information content (AvgIpc) is 2.46. The highest BCUT2D eigenvalue weighted by molar-refractivity contribution is 7.99. The molecule has 0 fully saturated rings.